The van der Waals surface area contributed by atoms with Gasteiger partial charge in [0, 0.05) is 37.4 Å². The topological polar surface area (TPSA) is 55.9 Å². The monoisotopic (exact) mass is 342 g/mol. The number of nitrogens with one attached hydrogen (secondary N) is 1. The van der Waals surface area contributed by atoms with E-state index >= 15 is 0 Å². The van der Waals surface area contributed by atoms with Crippen LogP contribution in [0.5, 0.6) is 0 Å². The molecular formula is C19H26N4O2. The van der Waals surface area contributed by atoms with Crippen molar-refractivity contribution in [1.29, 1.82) is 0 Å². The van der Waals surface area contributed by atoms with Crippen LogP contribution < -0.4 is 10.2 Å². The lowest BCUT2D eigenvalue weighted by atomic mass is 10.1. The second kappa shape index (κ2) is 6.67. The van der Waals surface area contributed by atoms with E-state index in [4.69, 9.17) is 0 Å². The number of carbonyl (C=O) groups is 2. The van der Waals surface area contributed by atoms with Gasteiger partial charge in [-0.2, -0.15) is 0 Å². The molecule has 4 rings (SSSR count). The zero-order valence-electron chi connectivity index (χ0n) is 14.7. The summed E-state index contributed by atoms with van der Waals surface area (Å²) >= 11 is 0. The third kappa shape index (κ3) is 3.11. The molecular weight excluding hydrogens is 316 g/mol. The van der Waals surface area contributed by atoms with Crippen LogP contribution in [0.1, 0.15) is 25.7 Å². The first-order valence-electron chi connectivity index (χ1n) is 9.27. The van der Waals surface area contributed by atoms with Crippen LogP contribution in [-0.4, -0.2) is 66.5 Å². The summed E-state index contributed by atoms with van der Waals surface area (Å²) in [6, 6.07) is 10.2. The van der Waals surface area contributed by atoms with Crippen molar-refractivity contribution in [3.8, 4) is 0 Å². The molecule has 3 aliphatic rings. The quantitative estimate of drug-likeness (QED) is 0.889. The first-order chi connectivity index (χ1) is 12.1. The van der Waals surface area contributed by atoms with Crippen LogP contribution in [0, 0.1) is 0 Å². The molecule has 0 radical (unpaired) electrons. The number of para-hydroxylation sites is 1. The zero-order chi connectivity index (χ0) is 17.4. The normalized spacial score (nSPS) is 29.8. The number of carbonyl (C=O) groups excluding carboxylic acids is 2. The predicted molar refractivity (Wildman–Crippen MR) is 96.5 cm³/mol. The van der Waals surface area contributed by atoms with Crippen LogP contribution in [0.3, 0.4) is 0 Å². The van der Waals surface area contributed by atoms with E-state index in [2.05, 4.69) is 17.3 Å². The van der Waals surface area contributed by atoms with Crippen LogP contribution in [-0.2, 0) is 4.79 Å². The Kier molecular flexibility index (Phi) is 4.37. The fraction of sp³-hybridized carbons (Fsp3) is 0.579. The fourth-order valence-corrected chi connectivity index (χ4v) is 4.41. The molecule has 25 heavy (non-hydrogen) atoms. The van der Waals surface area contributed by atoms with E-state index < -0.39 is 6.04 Å². The second-order valence-electron chi connectivity index (χ2n) is 7.40. The third-order valence-corrected chi connectivity index (χ3v) is 6.01. The molecule has 6 nitrogen and oxygen atoms in total. The smallest absolute Gasteiger partial charge is 0.318 e. The van der Waals surface area contributed by atoms with E-state index in [9.17, 15) is 9.59 Å². The van der Waals surface area contributed by atoms with Gasteiger partial charge >= 0.3 is 6.03 Å². The third-order valence-electron chi connectivity index (χ3n) is 6.01. The van der Waals surface area contributed by atoms with Crippen molar-refractivity contribution in [3.63, 3.8) is 0 Å². The van der Waals surface area contributed by atoms with E-state index in [1.54, 1.807) is 4.90 Å². The van der Waals surface area contributed by atoms with Gasteiger partial charge in [-0.25, -0.2) is 4.79 Å². The molecule has 0 spiro atoms. The Morgan fingerprint density at radius 2 is 1.80 bits per heavy atom. The molecule has 3 aliphatic heterocycles. The predicted octanol–water partition coefficient (Wildman–Crippen LogP) is 1.67. The van der Waals surface area contributed by atoms with Gasteiger partial charge in [0.15, 0.2) is 0 Å². The molecule has 0 aromatic heterocycles. The molecule has 3 atom stereocenters. The minimum absolute atomic E-state index is 0.00647. The number of amides is 3. The maximum atomic E-state index is 12.7. The summed E-state index contributed by atoms with van der Waals surface area (Å²) in [6.45, 7) is 2.20. The number of hydrogen-bond donors (Lipinski definition) is 1. The molecule has 3 amide bonds. The minimum atomic E-state index is -0.411. The summed E-state index contributed by atoms with van der Waals surface area (Å²) in [5, 5.41) is 2.98. The van der Waals surface area contributed by atoms with Gasteiger partial charge in [-0.05, 0) is 44.9 Å². The number of nitrogens with zero attached hydrogens (tertiary/aromatic N) is 3. The maximum absolute atomic E-state index is 12.7. The van der Waals surface area contributed by atoms with Crippen molar-refractivity contribution in [2.24, 2.45) is 0 Å². The first kappa shape index (κ1) is 16.4. The molecule has 3 fully saturated rings. The van der Waals surface area contributed by atoms with Crippen LogP contribution >= 0.6 is 0 Å². The molecule has 1 aromatic carbocycles. The van der Waals surface area contributed by atoms with Crippen LogP contribution in [0.2, 0.25) is 0 Å². The Morgan fingerprint density at radius 3 is 2.60 bits per heavy atom. The van der Waals surface area contributed by atoms with E-state index in [1.807, 2.05) is 35.2 Å². The summed E-state index contributed by atoms with van der Waals surface area (Å²) in [6.07, 6.45) is 4.09. The first-order valence-corrected chi connectivity index (χ1v) is 9.27. The number of rotatable bonds is 2. The zero-order valence-corrected chi connectivity index (χ0v) is 14.7. The SMILES string of the molecule is CN1C2CCC1CN(C(=O)NC1CCN(c3ccccc3)C1=O)CC2. The highest BCUT2D eigenvalue weighted by molar-refractivity contribution is 6.01. The average molecular weight is 342 g/mol. The Labute approximate surface area is 148 Å². The van der Waals surface area contributed by atoms with E-state index in [0.717, 1.165) is 31.6 Å². The van der Waals surface area contributed by atoms with Gasteiger partial charge in [-0.15, -0.1) is 0 Å². The molecule has 3 saturated heterocycles. The summed E-state index contributed by atoms with van der Waals surface area (Å²) < 4.78 is 0. The Hall–Kier alpha value is -2.08. The highest BCUT2D eigenvalue weighted by atomic mass is 16.2. The molecule has 3 heterocycles. The van der Waals surface area contributed by atoms with Crippen LogP contribution in [0.4, 0.5) is 10.5 Å². The van der Waals surface area contributed by atoms with Crippen molar-refractivity contribution < 1.29 is 9.59 Å². The van der Waals surface area contributed by atoms with E-state index in [0.29, 0.717) is 25.0 Å². The van der Waals surface area contributed by atoms with E-state index in [1.165, 1.54) is 6.42 Å². The van der Waals surface area contributed by atoms with Gasteiger partial charge < -0.3 is 15.1 Å². The summed E-state index contributed by atoms with van der Waals surface area (Å²) in [4.78, 5) is 31.5. The van der Waals surface area contributed by atoms with Crippen LogP contribution in [0.15, 0.2) is 30.3 Å². The number of hydrogen-bond acceptors (Lipinski definition) is 3. The molecule has 1 aromatic rings. The van der Waals surface area contributed by atoms with Gasteiger partial charge in [0.1, 0.15) is 6.04 Å². The van der Waals surface area contributed by atoms with Crippen molar-refractivity contribution >= 4 is 17.6 Å². The van der Waals surface area contributed by atoms with E-state index in [-0.39, 0.29) is 11.9 Å². The lowest BCUT2D eigenvalue weighted by Crippen LogP contribution is -2.50. The molecule has 0 aliphatic carbocycles. The highest BCUT2D eigenvalue weighted by Crippen LogP contribution is 2.28. The Morgan fingerprint density at radius 1 is 1.04 bits per heavy atom. The van der Waals surface area contributed by atoms with Gasteiger partial charge in [-0.3, -0.25) is 9.69 Å². The number of urea groups is 1. The standard InChI is InChI=1S/C19H26N4O2/c1-21-14-7-8-16(21)13-22(11-9-14)19(25)20-17-10-12-23(18(17)24)15-5-3-2-4-6-15/h2-6,14,16-17H,7-13H2,1H3,(H,20,25). The second-order valence-corrected chi connectivity index (χ2v) is 7.40. The molecule has 2 bridgehead atoms. The van der Waals surface area contributed by atoms with Crippen molar-refractivity contribution in [2.45, 2.75) is 43.8 Å². The molecule has 1 N–H and O–H groups in total. The number of likely N-dealkylation sites (N-methyl/N-ethyl adjacent to an activating group) is 1. The molecule has 3 unspecified atom stereocenters. The van der Waals surface area contributed by atoms with Crippen molar-refractivity contribution in [2.75, 3.05) is 31.6 Å². The number of anilines is 1. The lowest BCUT2D eigenvalue weighted by Gasteiger charge is -2.27. The lowest BCUT2D eigenvalue weighted by molar-refractivity contribution is -0.118. The largest absolute Gasteiger partial charge is 0.326 e. The summed E-state index contributed by atoms with van der Waals surface area (Å²) in [5.74, 6) is -0.00647. The van der Waals surface area contributed by atoms with Gasteiger partial charge in [0.2, 0.25) is 5.91 Å². The Balaban J connectivity index is 1.38. The summed E-state index contributed by atoms with van der Waals surface area (Å²) in [5.41, 5.74) is 0.901. The number of likely N-dealkylation sites (tertiary alicyclic amines) is 1. The molecule has 0 saturated carbocycles. The van der Waals surface area contributed by atoms with Gasteiger partial charge in [-0.1, -0.05) is 18.2 Å². The molecule has 6 heteroatoms. The minimum Gasteiger partial charge on any atom is -0.326 e. The van der Waals surface area contributed by atoms with Crippen molar-refractivity contribution in [1.82, 2.24) is 15.1 Å². The summed E-state index contributed by atoms with van der Waals surface area (Å²) in [7, 11) is 2.17. The van der Waals surface area contributed by atoms with Crippen LogP contribution in [0.25, 0.3) is 0 Å². The van der Waals surface area contributed by atoms with Crippen molar-refractivity contribution in [3.05, 3.63) is 30.3 Å². The molecule has 134 valence electrons. The maximum Gasteiger partial charge on any atom is 0.318 e. The van der Waals surface area contributed by atoms with Gasteiger partial charge in [0.05, 0.1) is 0 Å². The number of benzene rings is 1. The Bertz CT molecular complexity index is 650. The van der Waals surface area contributed by atoms with Gasteiger partial charge in [0.25, 0.3) is 0 Å². The highest BCUT2D eigenvalue weighted by Gasteiger charge is 2.38. The fourth-order valence-electron chi connectivity index (χ4n) is 4.41. The average Bonchev–Trinajstić information content (AvgIpc) is 3.08. The number of fused-ring (bicyclic) bond motifs is 2.